The highest BCUT2D eigenvalue weighted by Crippen LogP contribution is 2.19. The van der Waals surface area contributed by atoms with Crippen molar-refractivity contribution in [3.05, 3.63) is 76.2 Å². The van der Waals surface area contributed by atoms with Gasteiger partial charge in [-0.05, 0) is 31.2 Å². The Balaban J connectivity index is 1.54. The van der Waals surface area contributed by atoms with E-state index in [0.717, 1.165) is 0 Å². The maximum Gasteiger partial charge on any atom is 0.295 e. The van der Waals surface area contributed by atoms with Crippen LogP contribution in [0.3, 0.4) is 0 Å². The van der Waals surface area contributed by atoms with Crippen molar-refractivity contribution in [3.63, 3.8) is 0 Å². The lowest BCUT2D eigenvalue weighted by molar-refractivity contribution is 0.0730. The third kappa shape index (κ3) is 4.50. The molecule has 0 atom stereocenters. The normalized spacial score (nSPS) is 14.8. The lowest BCUT2D eigenvalue weighted by Crippen LogP contribution is -2.40. The van der Waals surface area contributed by atoms with Gasteiger partial charge in [-0.1, -0.05) is 30.3 Å². The first kappa shape index (κ1) is 23.0. The van der Waals surface area contributed by atoms with E-state index in [1.165, 1.54) is 21.1 Å². The third-order valence-corrected chi connectivity index (χ3v) is 7.64. The number of Topliss-reactive ketones (excluding diaryl/α,β-unsaturated/α-hetero) is 1. The van der Waals surface area contributed by atoms with Gasteiger partial charge in [0.2, 0.25) is 10.0 Å². The summed E-state index contributed by atoms with van der Waals surface area (Å²) >= 11 is 0. The van der Waals surface area contributed by atoms with E-state index in [1.54, 1.807) is 30.8 Å². The van der Waals surface area contributed by atoms with Crippen molar-refractivity contribution in [1.82, 2.24) is 13.7 Å². The molecule has 3 aromatic rings. The SMILES string of the molecule is Cc1c(NCC(=O)c2cccc(S(=O)(=O)N3CCOCC3)c2)c(=O)n(-c2ccccc2)n1C. The summed E-state index contributed by atoms with van der Waals surface area (Å²) in [6.07, 6.45) is 0. The minimum Gasteiger partial charge on any atom is -0.379 e. The average molecular weight is 471 g/mol. The number of carbonyl (C=O) groups excluding carboxylic acids is 1. The zero-order valence-electron chi connectivity index (χ0n) is 18.5. The van der Waals surface area contributed by atoms with Gasteiger partial charge < -0.3 is 10.1 Å². The number of rotatable bonds is 7. The van der Waals surface area contributed by atoms with Gasteiger partial charge in [0.05, 0.1) is 36.0 Å². The van der Waals surface area contributed by atoms with Crippen LogP contribution in [0.25, 0.3) is 5.69 Å². The predicted octanol–water partition coefficient (Wildman–Crippen LogP) is 1.80. The number of hydrogen-bond acceptors (Lipinski definition) is 6. The second-order valence-electron chi connectivity index (χ2n) is 7.76. The number of aromatic nitrogens is 2. The van der Waals surface area contributed by atoms with E-state index in [9.17, 15) is 18.0 Å². The zero-order valence-corrected chi connectivity index (χ0v) is 19.3. The van der Waals surface area contributed by atoms with E-state index >= 15 is 0 Å². The van der Waals surface area contributed by atoms with Crippen molar-refractivity contribution in [1.29, 1.82) is 0 Å². The number of ether oxygens (including phenoxy) is 1. The fraction of sp³-hybridized carbons (Fsp3) is 0.304. The molecule has 4 rings (SSSR count). The third-order valence-electron chi connectivity index (χ3n) is 5.74. The van der Waals surface area contributed by atoms with E-state index in [2.05, 4.69) is 5.32 Å². The summed E-state index contributed by atoms with van der Waals surface area (Å²) in [5.74, 6) is -0.317. The topological polar surface area (TPSA) is 103 Å². The fourth-order valence-electron chi connectivity index (χ4n) is 3.81. The van der Waals surface area contributed by atoms with Crippen LogP contribution in [-0.2, 0) is 21.8 Å². The molecule has 0 spiro atoms. The number of anilines is 1. The van der Waals surface area contributed by atoms with E-state index in [4.69, 9.17) is 4.74 Å². The van der Waals surface area contributed by atoms with Crippen LogP contribution in [0, 0.1) is 6.92 Å². The molecule has 1 fully saturated rings. The molecule has 1 aliphatic heterocycles. The quantitative estimate of drug-likeness (QED) is 0.529. The van der Waals surface area contributed by atoms with Crippen molar-refractivity contribution < 1.29 is 17.9 Å². The van der Waals surface area contributed by atoms with Gasteiger partial charge in [0.1, 0.15) is 5.69 Å². The molecule has 0 unspecified atom stereocenters. The summed E-state index contributed by atoms with van der Waals surface area (Å²) in [6, 6.07) is 15.2. The van der Waals surface area contributed by atoms with Crippen LogP contribution < -0.4 is 10.9 Å². The van der Waals surface area contributed by atoms with Crippen LogP contribution in [0.15, 0.2) is 64.3 Å². The molecule has 1 N–H and O–H groups in total. The van der Waals surface area contributed by atoms with Crippen LogP contribution in [0.1, 0.15) is 16.1 Å². The summed E-state index contributed by atoms with van der Waals surface area (Å²) < 4.78 is 35.6. The Bertz CT molecular complexity index is 1320. The molecule has 9 nitrogen and oxygen atoms in total. The zero-order chi connectivity index (χ0) is 23.6. The number of sulfonamides is 1. The number of para-hydroxylation sites is 1. The Morgan fingerprint density at radius 3 is 2.45 bits per heavy atom. The summed E-state index contributed by atoms with van der Waals surface area (Å²) in [4.78, 5) is 25.9. The van der Waals surface area contributed by atoms with Gasteiger partial charge in [-0.15, -0.1) is 0 Å². The standard InChI is InChI=1S/C23H26N4O5S/c1-17-22(23(29)27(25(17)2)19-8-4-3-5-9-19)24-16-21(28)18-7-6-10-20(15-18)33(30,31)26-11-13-32-14-12-26/h3-10,15,24H,11-14,16H2,1-2H3. The highest BCUT2D eigenvalue weighted by atomic mass is 32.2. The van der Waals surface area contributed by atoms with Gasteiger partial charge in [-0.3, -0.25) is 14.3 Å². The summed E-state index contributed by atoms with van der Waals surface area (Å²) in [6.45, 7) is 2.91. The number of nitrogens with one attached hydrogen (secondary N) is 1. The Labute approximate surface area is 192 Å². The number of morpholine rings is 1. The van der Waals surface area contributed by atoms with Crippen molar-refractivity contribution in [2.24, 2.45) is 7.05 Å². The number of ketones is 1. The molecular formula is C23H26N4O5S. The molecule has 1 aliphatic rings. The molecule has 0 bridgehead atoms. The average Bonchev–Trinajstić information content (AvgIpc) is 3.06. The minimum atomic E-state index is -3.71. The summed E-state index contributed by atoms with van der Waals surface area (Å²) in [5, 5.41) is 2.95. The van der Waals surface area contributed by atoms with Crippen LogP contribution in [0.2, 0.25) is 0 Å². The van der Waals surface area contributed by atoms with Crippen LogP contribution >= 0.6 is 0 Å². The molecule has 1 saturated heterocycles. The Hall–Kier alpha value is -3.21. The predicted molar refractivity (Wildman–Crippen MR) is 125 cm³/mol. The molecule has 1 aromatic heterocycles. The monoisotopic (exact) mass is 470 g/mol. The molecule has 0 radical (unpaired) electrons. The smallest absolute Gasteiger partial charge is 0.295 e. The highest BCUT2D eigenvalue weighted by molar-refractivity contribution is 7.89. The molecule has 0 saturated carbocycles. The molecule has 0 aliphatic carbocycles. The molecular weight excluding hydrogens is 444 g/mol. The van der Waals surface area contributed by atoms with E-state index in [0.29, 0.717) is 30.3 Å². The second kappa shape index (κ2) is 9.34. The van der Waals surface area contributed by atoms with Gasteiger partial charge in [0, 0.05) is 25.7 Å². The number of hydrogen-bond donors (Lipinski definition) is 1. The van der Waals surface area contributed by atoms with Gasteiger partial charge in [0.25, 0.3) is 5.56 Å². The van der Waals surface area contributed by atoms with E-state index in [1.807, 2.05) is 30.3 Å². The summed E-state index contributed by atoms with van der Waals surface area (Å²) in [5.41, 5.74) is 1.71. The minimum absolute atomic E-state index is 0.0672. The highest BCUT2D eigenvalue weighted by Gasteiger charge is 2.27. The molecule has 2 aromatic carbocycles. The Kier molecular flexibility index (Phi) is 6.50. The van der Waals surface area contributed by atoms with E-state index in [-0.39, 0.29) is 41.4 Å². The van der Waals surface area contributed by atoms with Crippen LogP contribution in [0.5, 0.6) is 0 Å². The molecule has 0 amide bonds. The number of nitrogens with zero attached hydrogens (tertiary/aromatic N) is 3. The first-order valence-electron chi connectivity index (χ1n) is 10.6. The van der Waals surface area contributed by atoms with Gasteiger partial charge >= 0.3 is 0 Å². The maximum absolute atomic E-state index is 13.0. The van der Waals surface area contributed by atoms with Crippen molar-refractivity contribution in [2.45, 2.75) is 11.8 Å². The van der Waals surface area contributed by atoms with Crippen molar-refractivity contribution >= 4 is 21.5 Å². The first-order chi connectivity index (χ1) is 15.8. The van der Waals surface area contributed by atoms with Crippen LogP contribution in [-0.4, -0.2) is 60.7 Å². The largest absolute Gasteiger partial charge is 0.379 e. The lowest BCUT2D eigenvalue weighted by Gasteiger charge is -2.26. The number of carbonyl (C=O) groups is 1. The van der Waals surface area contributed by atoms with Gasteiger partial charge in [0.15, 0.2) is 5.78 Å². The molecule has 174 valence electrons. The molecule has 33 heavy (non-hydrogen) atoms. The number of benzene rings is 2. The van der Waals surface area contributed by atoms with Crippen LogP contribution in [0.4, 0.5) is 5.69 Å². The van der Waals surface area contributed by atoms with E-state index < -0.39 is 10.0 Å². The lowest BCUT2D eigenvalue weighted by atomic mass is 10.1. The second-order valence-corrected chi connectivity index (χ2v) is 9.70. The van der Waals surface area contributed by atoms with Gasteiger partial charge in [-0.25, -0.2) is 13.1 Å². The molecule has 10 heteroatoms. The van der Waals surface area contributed by atoms with Gasteiger partial charge in [-0.2, -0.15) is 4.31 Å². The Morgan fingerprint density at radius 1 is 1.06 bits per heavy atom. The van der Waals surface area contributed by atoms with Crippen molar-refractivity contribution in [3.8, 4) is 5.69 Å². The Morgan fingerprint density at radius 2 is 1.76 bits per heavy atom. The first-order valence-corrected chi connectivity index (χ1v) is 12.0. The molecule has 2 heterocycles. The fourth-order valence-corrected chi connectivity index (χ4v) is 5.26. The summed E-state index contributed by atoms with van der Waals surface area (Å²) in [7, 11) is -1.93. The maximum atomic E-state index is 13.0. The van der Waals surface area contributed by atoms with Crippen molar-refractivity contribution in [2.75, 3.05) is 38.2 Å².